The number of furan rings is 1. The molecule has 0 radical (unpaired) electrons. The van der Waals surface area contributed by atoms with Crippen LogP contribution in [0.4, 0.5) is 0 Å². The molecule has 1 aliphatic carbocycles. The Bertz CT molecular complexity index is 436. The Balaban J connectivity index is 1.93. The molecule has 1 heterocycles. The minimum Gasteiger partial charge on any atom is -0.461 e. The third-order valence-electron chi connectivity index (χ3n) is 3.41. The normalized spacial score (nSPS) is 24.4. The summed E-state index contributed by atoms with van der Waals surface area (Å²) >= 11 is 0. The van der Waals surface area contributed by atoms with Crippen LogP contribution in [-0.2, 0) is 0 Å². The molecule has 2 unspecified atom stereocenters. The van der Waals surface area contributed by atoms with Crippen LogP contribution in [0.15, 0.2) is 22.1 Å². The SMILES string of the molecule is CC(=Cc1ccc(C2CC2C)o1)CNC(C)(C)C. The van der Waals surface area contributed by atoms with E-state index < -0.39 is 0 Å². The Hall–Kier alpha value is -1.02. The monoisotopic (exact) mass is 247 g/mol. The van der Waals surface area contributed by atoms with E-state index in [1.54, 1.807) is 0 Å². The third kappa shape index (κ3) is 3.74. The van der Waals surface area contributed by atoms with Crippen LogP contribution in [0, 0.1) is 5.92 Å². The molecule has 0 aromatic carbocycles. The summed E-state index contributed by atoms with van der Waals surface area (Å²) in [6.45, 7) is 11.9. The fourth-order valence-corrected chi connectivity index (χ4v) is 2.06. The molecule has 100 valence electrons. The van der Waals surface area contributed by atoms with Crippen molar-refractivity contribution in [3.05, 3.63) is 29.2 Å². The van der Waals surface area contributed by atoms with Crippen molar-refractivity contribution in [2.24, 2.45) is 5.92 Å². The van der Waals surface area contributed by atoms with E-state index in [2.05, 4.69) is 58.1 Å². The highest BCUT2D eigenvalue weighted by atomic mass is 16.3. The van der Waals surface area contributed by atoms with Gasteiger partial charge in [0.2, 0.25) is 0 Å². The average Bonchev–Trinajstić information content (AvgIpc) is 2.80. The molecule has 1 aliphatic rings. The Morgan fingerprint density at radius 1 is 1.44 bits per heavy atom. The van der Waals surface area contributed by atoms with Crippen LogP contribution in [-0.4, -0.2) is 12.1 Å². The maximum Gasteiger partial charge on any atom is 0.127 e. The van der Waals surface area contributed by atoms with E-state index in [0.29, 0.717) is 5.92 Å². The van der Waals surface area contributed by atoms with Crippen molar-refractivity contribution in [1.82, 2.24) is 5.32 Å². The van der Waals surface area contributed by atoms with E-state index >= 15 is 0 Å². The first-order valence-corrected chi connectivity index (χ1v) is 6.87. The van der Waals surface area contributed by atoms with Crippen molar-refractivity contribution >= 4 is 6.08 Å². The van der Waals surface area contributed by atoms with Gasteiger partial charge in [0.1, 0.15) is 11.5 Å². The Labute approximate surface area is 110 Å². The van der Waals surface area contributed by atoms with Gasteiger partial charge in [-0.2, -0.15) is 0 Å². The Morgan fingerprint density at radius 2 is 2.11 bits per heavy atom. The lowest BCUT2D eigenvalue weighted by molar-refractivity contribution is 0.444. The van der Waals surface area contributed by atoms with Gasteiger partial charge >= 0.3 is 0 Å². The zero-order valence-electron chi connectivity index (χ0n) is 12.2. The molecule has 1 saturated carbocycles. The number of rotatable bonds is 4. The predicted molar refractivity (Wildman–Crippen MR) is 76.6 cm³/mol. The maximum absolute atomic E-state index is 5.88. The van der Waals surface area contributed by atoms with Crippen molar-refractivity contribution in [2.45, 2.75) is 52.5 Å². The van der Waals surface area contributed by atoms with Gasteiger partial charge in [-0.3, -0.25) is 0 Å². The lowest BCUT2D eigenvalue weighted by Gasteiger charge is -2.20. The quantitative estimate of drug-likeness (QED) is 0.863. The molecule has 1 aromatic heterocycles. The van der Waals surface area contributed by atoms with Crippen LogP contribution < -0.4 is 5.32 Å². The summed E-state index contributed by atoms with van der Waals surface area (Å²) in [5.41, 5.74) is 1.46. The van der Waals surface area contributed by atoms with Crippen LogP contribution in [0.25, 0.3) is 6.08 Å². The van der Waals surface area contributed by atoms with Crippen LogP contribution in [0.2, 0.25) is 0 Å². The summed E-state index contributed by atoms with van der Waals surface area (Å²) in [5, 5.41) is 3.48. The van der Waals surface area contributed by atoms with Crippen molar-refractivity contribution < 1.29 is 4.42 Å². The van der Waals surface area contributed by atoms with E-state index in [4.69, 9.17) is 4.42 Å². The molecule has 2 atom stereocenters. The fourth-order valence-electron chi connectivity index (χ4n) is 2.06. The molecule has 2 rings (SSSR count). The largest absolute Gasteiger partial charge is 0.461 e. The molecule has 1 N–H and O–H groups in total. The number of hydrogen-bond donors (Lipinski definition) is 1. The Kier molecular flexibility index (Phi) is 3.67. The molecule has 2 heteroatoms. The second-order valence-corrected chi connectivity index (χ2v) is 6.65. The van der Waals surface area contributed by atoms with Crippen LogP contribution in [0.1, 0.15) is 58.5 Å². The van der Waals surface area contributed by atoms with Gasteiger partial charge in [-0.1, -0.05) is 12.5 Å². The molecule has 2 nitrogen and oxygen atoms in total. The summed E-state index contributed by atoms with van der Waals surface area (Å²) in [5.74, 6) is 3.61. The third-order valence-corrected chi connectivity index (χ3v) is 3.41. The minimum absolute atomic E-state index is 0.160. The molecule has 1 aromatic rings. The predicted octanol–water partition coefficient (Wildman–Crippen LogP) is 4.19. The van der Waals surface area contributed by atoms with Gasteiger partial charge in [0.15, 0.2) is 0 Å². The zero-order chi connectivity index (χ0) is 13.3. The topological polar surface area (TPSA) is 25.2 Å². The molecule has 0 spiro atoms. The molecule has 0 bridgehead atoms. The van der Waals surface area contributed by atoms with E-state index in [-0.39, 0.29) is 5.54 Å². The zero-order valence-corrected chi connectivity index (χ0v) is 12.2. The summed E-state index contributed by atoms with van der Waals surface area (Å²) in [6.07, 6.45) is 3.41. The number of nitrogens with one attached hydrogen (secondary N) is 1. The van der Waals surface area contributed by atoms with E-state index in [0.717, 1.165) is 24.0 Å². The molecular formula is C16H25NO. The number of hydrogen-bond acceptors (Lipinski definition) is 2. The van der Waals surface area contributed by atoms with Gasteiger partial charge in [-0.15, -0.1) is 0 Å². The highest BCUT2D eigenvalue weighted by Gasteiger charge is 2.36. The highest BCUT2D eigenvalue weighted by Crippen LogP contribution is 2.47. The molecule has 1 fully saturated rings. The second kappa shape index (κ2) is 4.93. The molecule has 18 heavy (non-hydrogen) atoms. The first kappa shape index (κ1) is 13.4. The van der Waals surface area contributed by atoms with Gasteiger partial charge in [0.25, 0.3) is 0 Å². The van der Waals surface area contributed by atoms with Gasteiger partial charge in [0, 0.05) is 18.0 Å². The highest BCUT2D eigenvalue weighted by molar-refractivity contribution is 5.47. The van der Waals surface area contributed by atoms with Crippen molar-refractivity contribution in [2.75, 3.05) is 6.54 Å². The maximum atomic E-state index is 5.88. The van der Waals surface area contributed by atoms with Crippen molar-refractivity contribution in [3.8, 4) is 0 Å². The second-order valence-electron chi connectivity index (χ2n) is 6.65. The van der Waals surface area contributed by atoms with Crippen LogP contribution >= 0.6 is 0 Å². The first-order chi connectivity index (χ1) is 8.35. The van der Waals surface area contributed by atoms with Crippen LogP contribution in [0.5, 0.6) is 0 Å². The Morgan fingerprint density at radius 3 is 2.67 bits per heavy atom. The lowest BCUT2D eigenvalue weighted by Crippen LogP contribution is -2.36. The van der Waals surface area contributed by atoms with Gasteiger partial charge < -0.3 is 9.73 Å². The first-order valence-electron chi connectivity index (χ1n) is 6.87. The van der Waals surface area contributed by atoms with Gasteiger partial charge in [-0.05, 0) is 58.2 Å². The molecule has 0 amide bonds. The minimum atomic E-state index is 0.160. The van der Waals surface area contributed by atoms with E-state index in [1.807, 2.05) is 0 Å². The van der Waals surface area contributed by atoms with Gasteiger partial charge in [-0.25, -0.2) is 0 Å². The summed E-state index contributed by atoms with van der Waals surface area (Å²) < 4.78 is 5.88. The standard InChI is InChI=1S/C16H25NO/c1-11(10-17-16(3,4)5)8-13-6-7-15(18-13)14-9-12(14)2/h6-8,12,14,17H,9-10H2,1-5H3. The van der Waals surface area contributed by atoms with Crippen LogP contribution in [0.3, 0.4) is 0 Å². The van der Waals surface area contributed by atoms with Gasteiger partial charge in [0.05, 0.1) is 0 Å². The fraction of sp³-hybridized carbons (Fsp3) is 0.625. The summed E-state index contributed by atoms with van der Waals surface area (Å²) in [6, 6.07) is 4.21. The smallest absolute Gasteiger partial charge is 0.127 e. The summed E-state index contributed by atoms with van der Waals surface area (Å²) in [4.78, 5) is 0. The van der Waals surface area contributed by atoms with E-state index in [9.17, 15) is 0 Å². The molecular weight excluding hydrogens is 222 g/mol. The molecule has 0 saturated heterocycles. The van der Waals surface area contributed by atoms with E-state index in [1.165, 1.54) is 12.0 Å². The molecule has 0 aliphatic heterocycles. The van der Waals surface area contributed by atoms with Crippen molar-refractivity contribution in [3.63, 3.8) is 0 Å². The lowest BCUT2D eigenvalue weighted by atomic mass is 10.1. The average molecular weight is 247 g/mol. The van der Waals surface area contributed by atoms with Crippen molar-refractivity contribution in [1.29, 1.82) is 0 Å². The summed E-state index contributed by atoms with van der Waals surface area (Å²) in [7, 11) is 0.